The molecule has 4 heteroatoms. The molecule has 2 aliphatic rings. The zero-order valence-electron chi connectivity index (χ0n) is 14.6. The van der Waals surface area contributed by atoms with Crippen molar-refractivity contribution in [1.29, 1.82) is 0 Å². The van der Waals surface area contributed by atoms with Gasteiger partial charge >= 0.3 is 0 Å². The summed E-state index contributed by atoms with van der Waals surface area (Å²) in [6, 6.07) is 11.9. The van der Waals surface area contributed by atoms with Gasteiger partial charge in [0, 0.05) is 23.5 Å². The fourth-order valence-electron chi connectivity index (χ4n) is 3.25. The Kier molecular flexibility index (Phi) is 5.28. The quantitative estimate of drug-likeness (QED) is 0.590. The zero-order chi connectivity index (χ0) is 18.6. The van der Waals surface area contributed by atoms with Gasteiger partial charge in [-0.3, -0.25) is 4.99 Å². The van der Waals surface area contributed by atoms with Gasteiger partial charge in [0.25, 0.3) is 0 Å². The summed E-state index contributed by atoms with van der Waals surface area (Å²) in [6.07, 6.45) is 16.3. The Hall–Kier alpha value is -2.55. The summed E-state index contributed by atoms with van der Waals surface area (Å²) < 4.78 is 0. The first-order chi connectivity index (χ1) is 13.2. The van der Waals surface area contributed by atoms with Gasteiger partial charge in [0.2, 0.25) is 0 Å². The van der Waals surface area contributed by atoms with Gasteiger partial charge in [-0.15, -0.1) is 0 Å². The van der Waals surface area contributed by atoms with E-state index in [1.807, 2.05) is 30.5 Å². The van der Waals surface area contributed by atoms with Crippen LogP contribution in [-0.2, 0) is 0 Å². The molecule has 0 amide bonds. The molecule has 0 atom stereocenters. The summed E-state index contributed by atoms with van der Waals surface area (Å²) in [5.74, 6) is 0. The molecule has 1 N–H and O–H groups in total. The number of allylic oxidation sites excluding steroid dienone is 5. The molecule has 1 heterocycles. The number of nitrogens with one attached hydrogen (secondary N) is 1. The maximum atomic E-state index is 6.12. The van der Waals surface area contributed by atoms with Gasteiger partial charge in [-0.1, -0.05) is 71.8 Å². The molecule has 0 radical (unpaired) electrons. The first kappa shape index (κ1) is 17.8. The summed E-state index contributed by atoms with van der Waals surface area (Å²) in [7, 11) is 0. The van der Waals surface area contributed by atoms with Crippen LogP contribution in [0.3, 0.4) is 0 Å². The Labute approximate surface area is 169 Å². The summed E-state index contributed by atoms with van der Waals surface area (Å²) in [4.78, 5) is 4.60. The van der Waals surface area contributed by atoms with Crippen molar-refractivity contribution in [3.05, 3.63) is 99.8 Å². The number of nitrogens with zero attached hydrogens (tertiary/aromatic N) is 1. The maximum Gasteiger partial charge on any atom is 0.0723 e. The van der Waals surface area contributed by atoms with Crippen LogP contribution in [0.25, 0.3) is 11.6 Å². The lowest BCUT2D eigenvalue weighted by molar-refractivity contribution is 1.05. The number of para-hydroxylation sites is 1. The number of aliphatic imine (C=N–C) groups is 1. The van der Waals surface area contributed by atoms with Crippen LogP contribution in [0.5, 0.6) is 0 Å². The molecule has 0 saturated heterocycles. The highest BCUT2D eigenvalue weighted by Crippen LogP contribution is 2.33. The molecule has 0 spiro atoms. The Morgan fingerprint density at radius 3 is 2.70 bits per heavy atom. The molecule has 0 aromatic heterocycles. The fourth-order valence-corrected chi connectivity index (χ4v) is 3.55. The van der Waals surface area contributed by atoms with Gasteiger partial charge < -0.3 is 5.32 Å². The lowest BCUT2D eigenvalue weighted by Gasteiger charge is -2.17. The van der Waals surface area contributed by atoms with Crippen LogP contribution >= 0.6 is 23.2 Å². The van der Waals surface area contributed by atoms with Gasteiger partial charge in [0.15, 0.2) is 0 Å². The average molecular weight is 393 g/mol. The van der Waals surface area contributed by atoms with Gasteiger partial charge in [-0.25, -0.2) is 0 Å². The SMILES string of the molecule is Clc1ccc(C=CC2=NC=CNc3c(C4=CC=CCC4)cccc32)cc1Cl. The first-order valence-corrected chi connectivity index (χ1v) is 9.60. The van der Waals surface area contributed by atoms with Gasteiger partial charge in [-0.2, -0.15) is 0 Å². The lowest BCUT2D eigenvalue weighted by atomic mass is 9.92. The van der Waals surface area contributed by atoms with Crippen molar-refractivity contribution in [2.24, 2.45) is 4.99 Å². The topological polar surface area (TPSA) is 24.4 Å². The van der Waals surface area contributed by atoms with Gasteiger partial charge in [-0.05, 0) is 42.2 Å². The van der Waals surface area contributed by atoms with Crippen molar-refractivity contribution in [2.75, 3.05) is 5.32 Å². The van der Waals surface area contributed by atoms with E-state index in [0.717, 1.165) is 35.4 Å². The maximum absolute atomic E-state index is 6.12. The normalized spacial score (nSPS) is 15.8. The van der Waals surface area contributed by atoms with E-state index < -0.39 is 0 Å². The number of anilines is 1. The van der Waals surface area contributed by atoms with E-state index in [9.17, 15) is 0 Å². The Morgan fingerprint density at radius 2 is 1.89 bits per heavy atom. The minimum Gasteiger partial charge on any atom is -0.359 e. The molecule has 0 unspecified atom stereocenters. The van der Waals surface area contributed by atoms with Crippen molar-refractivity contribution in [3.63, 3.8) is 0 Å². The van der Waals surface area contributed by atoms with Crippen molar-refractivity contribution in [2.45, 2.75) is 12.8 Å². The largest absolute Gasteiger partial charge is 0.359 e. The van der Waals surface area contributed by atoms with Crippen LogP contribution < -0.4 is 5.32 Å². The van der Waals surface area contributed by atoms with E-state index in [4.69, 9.17) is 23.2 Å². The molecule has 4 rings (SSSR count). The molecule has 134 valence electrons. The van der Waals surface area contributed by atoms with Crippen LogP contribution in [0.2, 0.25) is 10.0 Å². The van der Waals surface area contributed by atoms with E-state index in [1.165, 1.54) is 11.1 Å². The summed E-state index contributed by atoms with van der Waals surface area (Å²) in [5, 5.41) is 4.50. The Morgan fingerprint density at radius 1 is 1.00 bits per heavy atom. The van der Waals surface area contributed by atoms with E-state index in [0.29, 0.717) is 10.0 Å². The van der Waals surface area contributed by atoms with Crippen LogP contribution in [-0.4, -0.2) is 5.71 Å². The Balaban J connectivity index is 1.72. The second-order valence-electron chi connectivity index (χ2n) is 6.37. The molecular weight excluding hydrogens is 375 g/mol. The van der Waals surface area contributed by atoms with Crippen molar-refractivity contribution in [3.8, 4) is 0 Å². The molecule has 27 heavy (non-hydrogen) atoms. The number of benzene rings is 2. The van der Waals surface area contributed by atoms with E-state index in [-0.39, 0.29) is 0 Å². The van der Waals surface area contributed by atoms with E-state index >= 15 is 0 Å². The number of hydrogen-bond acceptors (Lipinski definition) is 2. The second kappa shape index (κ2) is 7.99. The summed E-state index contributed by atoms with van der Waals surface area (Å²) >= 11 is 12.1. The number of rotatable bonds is 3. The van der Waals surface area contributed by atoms with Crippen LogP contribution in [0.1, 0.15) is 29.5 Å². The molecule has 1 aliphatic carbocycles. The minimum absolute atomic E-state index is 0.545. The van der Waals surface area contributed by atoms with Gasteiger partial charge in [0.1, 0.15) is 0 Å². The molecule has 1 aliphatic heterocycles. The Bertz CT molecular complexity index is 1030. The predicted octanol–water partition coefficient (Wildman–Crippen LogP) is 7.13. The predicted molar refractivity (Wildman–Crippen MR) is 118 cm³/mol. The molecule has 0 saturated carbocycles. The van der Waals surface area contributed by atoms with Crippen LogP contribution in [0.15, 0.2) is 78.1 Å². The van der Waals surface area contributed by atoms with E-state index in [2.05, 4.69) is 46.7 Å². The van der Waals surface area contributed by atoms with Crippen LogP contribution in [0.4, 0.5) is 5.69 Å². The lowest BCUT2D eigenvalue weighted by Crippen LogP contribution is -2.04. The molecule has 2 aromatic rings. The third-order valence-corrected chi connectivity index (χ3v) is 5.33. The third-order valence-electron chi connectivity index (χ3n) is 4.59. The molecule has 2 aromatic carbocycles. The van der Waals surface area contributed by atoms with Gasteiger partial charge in [0.05, 0.1) is 21.4 Å². The second-order valence-corrected chi connectivity index (χ2v) is 7.18. The smallest absolute Gasteiger partial charge is 0.0723 e. The minimum atomic E-state index is 0.545. The summed E-state index contributed by atoms with van der Waals surface area (Å²) in [5.41, 5.74) is 6.59. The van der Waals surface area contributed by atoms with Crippen LogP contribution in [0, 0.1) is 0 Å². The standard InChI is InChI=1S/C23H18Cl2N2/c24-20-11-9-16(15-21(20)25)10-12-22-19-8-4-7-18(17-5-2-1-3-6-17)23(19)27-14-13-26-22/h1-2,4-5,7-15,27H,3,6H2. The first-order valence-electron chi connectivity index (χ1n) is 8.84. The number of halogens is 2. The fraction of sp³-hybridized carbons (Fsp3) is 0.0870. The summed E-state index contributed by atoms with van der Waals surface area (Å²) in [6.45, 7) is 0. The number of fused-ring (bicyclic) bond motifs is 1. The molecule has 0 fully saturated rings. The van der Waals surface area contributed by atoms with Crippen molar-refractivity contribution in [1.82, 2.24) is 0 Å². The van der Waals surface area contributed by atoms with E-state index in [1.54, 1.807) is 12.3 Å². The number of hydrogen-bond donors (Lipinski definition) is 1. The third kappa shape index (κ3) is 3.92. The highest BCUT2D eigenvalue weighted by Gasteiger charge is 2.15. The van der Waals surface area contributed by atoms with Crippen molar-refractivity contribution < 1.29 is 0 Å². The highest BCUT2D eigenvalue weighted by molar-refractivity contribution is 6.42. The molecule has 0 bridgehead atoms. The molecule has 2 nitrogen and oxygen atoms in total. The highest BCUT2D eigenvalue weighted by atomic mass is 35.5. The zero-order valence-corrected chi connectivity index (χ0v) is 16.1. The van der Waals surface area contributed by atoms with Crippen molar-refractivity contribution >= 4 is 46.3 Å². The molecular formula is C23H18Cl2N2. The average Bonchev–Trinajstić information content (AvgIpc) is 2.92. The monoisotopic (exact) mass is 392 g/mol.